The first-order chi connectivity index (χ1) is 14.2. The summed E-state index contributed by atoms with van der Waals surface area (Å²) in [6.45, 7) is 9.30. The summed E-state index contributed by atoms with van der Waals surface area (Å²) in [4.78, 5) is 24.9. The summed E-state index contributed by atoms with van der Waals surface area (Å²) in [5.74, 6) is -1.67. The van der Waals surface area contributed by atoms with Gasteiger partial charge in [-0.25, -0.2) is 4.79 Å². The molecular weight excluding hydrogens is 380 g/mol. The van der Waals surface area contributed by atoms with Crippen LogP contribution in [0.3, 0.4) is 0 Å². The van der Waals surface area contributed by atoms with E-state index in [2.05, 4.69) is 0 Å². The molecule has 2 rings (SSSR count). The summed E-state index contributed by atoms with van der Waals surface area (Å²) in [7, 11) is 0. The summed E-state index contributed by atoms with van der Waals surface area (Å²) in [6, 6.07) is 14.7. The third-order valence-corrected chi connectivity index (χ3v) is 4.69. The second kappa shape index (κ2) is 10.3. The molecule has 0 aliphatic carbocycles. The van der Waals surface area contributed by atoms with E-state index in [1.165, 1.54) is 0 Å². The molecule has 0 bridgehead atoms. The molecule has 0 aliphatic rings. The van der Waals surface area contributed by atoms with Crippen molar-refractivity contribution >= 4 is 11.9 Å². The van der Waals surface area contributed by atoms with Gasteiger partial charge in [-0.1, -0.05) is 68.8 Å². The fraction of sp³-hybridized carbons (Fsp3) is 0.440. The van der Waals surface area contributed by atoms with Crippen LogP contribution in [0.25, 0.3) is 0 Å². The minimum absolute atomic E-state index is 0.420. The van der Waals surface area contributed by atoms with E-state index < -0.39 is 29.6 Å². The molecule has 2 atom stereocenters. The lowest BCUT2D eigenvalue weighted by Crippen LogP contribution is -2.30. The molecule has 0 saturated carbocycles. The number of ether oxygens (including phenoxy) is 2. The Bertz CT molecular complexity index is 852. The van der Waals surface area contributed by atoms with Gasteiger partial charge < -0.3 is 14.6 Å². The Balaban J connectivity index is 2.57. The number of hydrogen-bond donors (Lipinski definition) is 1. The monoisotopic (exact) mass is 412 g/mol. The number of carboxylic acids is 1. The van der Waals surface area contributed by atoms with Crippen molar-refractivity contribution in [1.29, 1.82) is 0 Å². The fourth-order valence-corrected chi connectivity index (χ4v) is 3.37. The lowest BCUT2D eigenvalue weighted by atomic mass is 9.92. The van der Waals surface area contributed by atoms with Crippen molar-refractivity contribution in [1.82, 2.24) is 0 Å². The number of carbonyl (C=O) groups is 2. The normalized spacial score (nSPS) is 13.4. The van der Waals surface area contributed by atoms with Crippen LogP contribution in [0, 0.1) is 0 Å². The smallest absolute Gasteiger partial charge is 0.352 e. The highest BCUT2D eigenvalue weighted by Crippen LogP contribution is 2.37. The first kappa shape index (κ1) is 23.5. The molecule has 2 aromatic carbocycles. The van der Waals surface area contributed by atoms with Gasteiger partial charge in [0.2, 0.25) is 6.10 Å². The van der Waals surface area contributed by atoms with Gasteiger partial charge in [0.1, 0.15) is 11.4 Å². The first-order valence-electron chi connectivity index (χ1n) is 10.5. The van der Waals surface area contributed by atoms with Crippen LogP contribution in [-0.4, -0.2) is 22.6 Å². The molecule has 2 unspecified atom stereocenters. The molecule has 2 aromatic rings. The molecule has 5 nitrogen and oxygen atoms in total. The van der Waals surface area contributed by atoms with E-state index in [4.69, 9.17) is 9.47 Å². The Hall–Kier alpha value is -2.82. The van der Waals surface area contributed by atoms with E-state index in [9.17, 15) is 14.7 Å². The second-order valence-electron chi connectivity index (χ2n) is 8.33. The van der Waals surface area contributed by atoms with Crippen molar-refractivity contribution in [3.63, 3.8) is 0 Å². The zero-order valence-electron chi connectivity index (χ0n) is 18.5. The van der Waals surface area contributed by atoms with Crippen LogP contribution in [-0.2, 0) is 20.7 Å². The van der Waals surface area contributed by atoms with Gasteiger partial charge in [-0.3, -0.25) is 4.79 Å². The number of carboxylic acid groups (broad SMARTS) is 1. The van der Waals surface area contributed by atoms with Gasteiger partial charge in [-0.2, -0.15) is 0 Å². The predicted octanol–water partition coefficient (Wildman–Crippen LogP) is 5.68. The van der Waals surface area contributed by atoms with Gasteiger partial charge in [0.25, 0.3) is 0 Å². The van der Waals surface area contributed by atoms with Crippen molar-refractivity contribution in [2.24, 2.45) is 0 Å². The largest absolute Gasteiger partial charge is 0.481 e. The van der Waals surface area contributed by atoms with Crippen LogP contribution in [0.2, 0.25) is 0 Å². The maximum atomic E-state index is 13.1. The zero-order valence-corrected chi connectivity index (χ0v) is 18.5. The minimum Gasteiger partial charge on any atom is -0.481 e. The Labute approximate surface area is 179 Å². The number of rotatable bonds is 9. The first-order valence-corrected chi connectivity index (χ1v) is 10.5. The molecule has 5 heteroatoms. The molecule has 1 N–H and O–H groups in total. The van der Waals surface area contributed by atoms with Crippen LogP contribution in [0.4, 0.5) is 0 Å². The quantitative estimate of drug-likeness (QED) is 0.537. The molecule has 0 aliphatic heterocycles. The average molecular weight is 413 g/mol. The second-order valence-corrected chi connectivity index (χ2v) is 8.33. The van der Waals surface area contributed by atoms with Crippen LogP contribution in [0.5, 0.6) is 5.75 Å². The van der Waals surface area contributed by atoms with E-state index in [1.54, 1.807) is 26.8 Å². The highest BCUT2D eigenvalue weighted by molar-refractivity contribution is 5.79. The summed E-state index contributed by atoms with van der Waals surface area (Å²) in [5, 5.41) is 9.74. The summed E-state index contributed by atoms with van der Waals surface area (Å²) in [5.41, 5.74) is 1.46. The van der Waals surface area contributed by atoms with Gasteiger partial charge >= 0.3 is 11.9 Å². The predicted molar refractivity (Wildman–Crippen MR) is 117 cm³/mol. The number of para-hydroxylation sites is 1. The van der Waals surface area contributed by atoms with Crippen molar-refractivity contribution in [2.45, 2.75) is 71.5 Å². The van der Waals surface area contributed by atoms with Crippen LogP contribution >= 0.6 is 0 Å². The molecule has 0 spiro atoms. The van der Waals surface area contributed by atoms with E-state index in [0.717, 1.165) is 18.4 Å². The maximum absolute atomic E-state index is 13.1. The third-order valence-electron chi connectivity index (χ3n) is 4.69. The van der Waals surface area contributed by atoms with E-state index >= 15 is 0 Å². The van der Waals surface area contributed by atoms with Gasteiger partial charge in [0.05, 0.1) is 5.92 Å². The van der Waals surface area contributed by atoms with Crippen molar-refractivity contribution in [3.8, 4) is 5.75 Å². The number of carbonyl (C=O) groups excluding carboxylic acids is 1. The number of hydrogen-bond acceptors (Lipinski definition) is 4. The molecule has 162 valence electrons. The van der Waals surface area contributed by atoms with Crippen molar-refractivity contribution in [2.75, 3.05) is 0 Å². The van der Waals surface area contributed by atoms with E-state index in [1.807, 2.05) is 56.3 Å². The summed E-state index contributed by atoms with van der Waals surface area (Å²) < 4.78 is 11.9. The minimum atomic E-state index is -0.992. The molecular formula is C25H32O5. The molecule has 0 heterocycles. The highest BCUT2D eigenvalue weighted by atomic mass is 16.6. The lowest BCUT2D eigenvalue weighted by molar-refractivity contribution is -0.163. The Kier molecular flexibility index (Phi) is 8.04. The molecule has 30 heavy (non-hydrogen) atoms. The van der Waals surface area contributed by atoms with Gasteiger partial charge in [0.15, 0.2) is 0 Å². The average Bonchev–Trinajstić information content (AvgIpc) is 2.67. The lowest BCUT2D eigenvalue weighted by Gasteiger charge is -2.27. The molecule has 0 amide bonds. The molecule has 0 fully saturated rings. The Morgan fingerprint density at radius 1 is 1.00 bits per heavy atom. The Morgan fingerprint density at radius 3 is 2.20 bits per heavy atom. The van der Waals surface area contributed by atoms with Crippen LogP contribution < -0.4 is 4.74 Å². The number of aryl methyl sites for hydroxylation is 1. The molecule has 0 radical (unpaired) electrons. The number of esters is 1. The number of aliphatic carboxylic acids is 1. The molecule has 0 saturated heterocycles. The van der Waals surface area contributed by atoms with Crippen LogP contribution in [0.15, 0.2) is 48.5 Å². The van der Waals surface area contributed by atoms with E-state index in [-0.39, 0.29) is 0 Å². The fourth-order valence-electron chi connectivity index (χ4n) is 3.37. The van der Waals surface area contributed by atoms with Gasteiger partial charge in [0, 0.05) is 11.1 Å². The SMILES string of the molecule is CCCc1cccc(C(CC)C(=O)O)c1OC(C(=O)OC(C)(C)C)c1ccccc1. The van der Waals surface area contributed by atoms with Gasteiger partial charge in [-0.15, -0.1) is 0 Å². The van der Waals surface area contributed by atoms with Crippen molar-refractivity contribution < 1.29 is 24.2 Å². The standard InChI is InChI=1S/C25H32O5/c1-6-12-17-15-11-16-20(19(7-2)23(26)27)21(17)29-22(18-13-9-8-10-14-18)24(28)30-25(3,4)5/h8-11,13-16,19,22H,6-7,12H2,1-5H3,(H,26,27). The van der Waals surface area contributed by atoms with Crippen molar-refractivity contribution in [3.05, 3.63) is 65.2 Å². The van der Waals surface area contributed by atoms with Gasteiger partial charge in [-0.05, 0) is 39.2 Å². The maximum Gasteiger partial charge on any atom is 0.352 e. The zero-order chi connectivity index (χ0) is 22.3. The Morgan fingerprint density at radius 2 is 1.67 bits per heavy atom. The van der Waals surface area contributed by atoms with Crippen LogP contribution in [0.1, 0.15) is 76.2 Å². The topological polar surface area (TPSA) is 72.8 Å². The summed E-state index contributed by atoms with van der Waals surface area (Å²) >= 11 is 0. The highest BCUT2D eigenvalue weighted by Gasteiger charge is 2.31. The molecule has 0 aromatic heterocycles. The number of benzene rings is 2. The van der Waals surface area contributed by atoms with E-state index in [0.29, 0.717) is 23.3 Å². The summed E-state index contributed by atoms with van der Waals surface area (Å²) in [6.07, 6.45) is 1.01. The third kappa shape index (κ3) is 6.09.